The molecule has 3 aromatic rings. The molecular formula is C19H18ClN3O4S. The molecule has 9 heteroatoms. The van der Waals surface area contributed by atoms with Crippen LogP contribution in [-0.4, -0.2) is 59.5 Å². The second-order valence-electron chi connectivity index (χ2n) is 6.35. The van der Waals surface area contributed by atoms with Gasteiger partial charge >= 0.3 is 5.97 Å². The number of rotatable bonds is 4. The van der Waals surface area contributed by atoms with Crippen LogP contribution in [0.15, 0.2) is 30.3 Å². The van der Waals surface area contributed by atoms with Gasteiger partial charge in [0, 0.05) is 18.5 Å². The summed E-state index contributed by atoms with van der Waals surface area (Å²) in [6.45, 7) is 3.65. The lowest BCUT2D eigenvalue weighted by Gasteiger charge is -2.26. The first kappa shape index (κ1) is 18.9. The molecule has 4 rings (SSSR count). The van der Waals surface area contributed by atoms with Crippen molar-refractivity contribution < 1.29 is 19.1 Å². The van der Waals surface area contributed by atoms with E-state index >= 15 is 0 Å². The fraction of sp³-hybridized carbons (Fsp3) is 0.316. The number of hydrogen-bond donors (Lipinski definition) is 0. The summed E-state index contributed by atoms with van der Waals surface area (Å²) in [5.41, 5.74) is 1.53. The van der Waals surface area contributed by atoms with Crippen LogP contribution in [0.3, 0.4) is 0 Å². The minimum Gasteiger partial charge on any atom is -0.451 e. The first-order chi connectivity index (χ1) is 13.5. The standard InChI is InChI=1S/C19H18ClN3O4S/c1-12-13-10-16(19(25)27-11-17(24)22-6-8-26-9-7-22)28-18(13)23(21-12)15-5-3-2-4-14(15)20/h2-5,10H,6-9,11H2,1H3. The van der Waals surface area contributed by atoms with E-state index < -0.39 is 5.97 Å². The Morgan fingerprint density at radius 3 is 2.79 bits per heavy atom. The fourth-order valence-electron chi connectivity index (χ4n) is 3.04. The van der Waals surface area contributed by atoms with Gasteiger partial charge in [-0.2, -0.15) is 5.10 Å². The van der Waals surface area contributed by atoms with E-state index in [0.29, 0.717) is 36.2 Å². The van der Waals surface area contributed by atoms with E-state index in [-0.39, 0.29) is 12.5 Å². The van der Waals surface area contributed by atoms with Crippen LogP contribution >= 0.6 is 22.9 Å². The Morgan fingerprint density at radius 2 is 2.04 bits per heavy atom. The maximum atomic E-state index is 12.5. The summed E-state index contributed by atoms with van der Waals surface area (Å²) in [6, 6.07) is 9.14. The summed E-state index contributed by atoms with van der Waals surface area (Å²) in [4.78, 5) is 27.5. The van der Waals surface area contributed by atoms with Crippen molar-refractivity contribution in [3.05, 3.63) is 45.9 Å². The number of carbonyl (C=O) groups excluding carboxylic acids is 2. The third-order valence-electron chi connectivity index (χ3n) is 4.52. The minimum absolute atomic E-state index is 0.212. The van der Waals surface area contributed by atoms with E-state index in [0.717, 1.165) is 21.6 Å². The van der Waals surface area contributed by atoms with Crippen LogP contribution in [0.4, 0.5) is 0 Å². The molecule has 2 aromatic heterocycles. The smallest absolute Gasteiger partial charge is 0.348 e. The van der Waals surface area contributed by atoms with Gasteiger partial charge < -0.3 is 14.4 Å². The van der Waals surface area contributed by atoms with Crippen LogP contribution in [0, 0.1) is 6.92 Å². The van der Waals surface area contributed by atoms with Crippen LogP contribution in [0.25, 0.3) is 15.9 Å². The molecule has 1 fully saturated rings. The molecule has 0 N–H and O–H groups in total. The minimum atomic E-state index is -0.520. The molecule has 1 aromatic carbocycles. The number of thiophene rings is 1. The maximum Gasteiger partial charge on any atom is 0.348 e. The van der Waals surface area contributed by atoms with E-state index in [1.54, 1.807) is 21.7 Å². The molecule has 0 spiro atoms. The molecular weight excluding hydrogens is 402 g/mol. The predicted octanol–water partition coefficient (Wildman–Crippen LogP) is 3.06. The Morgan fingerprint density at radius 1 is 1.29 bits per heavy atom. The zero-order valence-corrected chi connectivity index (χ0v) is 16.8. The largest absolute Gasteiger partial charge is 0.451 e. The van der Waals surface area contributed by atoms with Gasteiger partial charge in [-0.1, -0.05) is 23.7 Å². The summed E-state index contributed by atoms with van der Waals surface area (Å²) < 4.78 is 12.2. The Balaban J connectivity index is 1.53. The number of esters is 1. The van der Waals surface area contributed by atoms with Crippen molar-refractivity contribution in [3.8, 4) is 5.69 Å². The highest BCUT2D eigenvalue weighted by molar-refractivity contribution is 7.20. The number of ether oxygens (including phenoxy) is 2. The summed E-state index contributed by atoms with van der Waals surface area (Å²) in [5, 5.41) is 5.96. The molecule has 7 nitrogen and oxygen atoms in total. The SMILES string of the molecule is Cc1nn(-c2ccccc2Cl)c2sc(C(=O)OCC(=O)N3CCOCC3)cc12. The quantitative estimate of drug-likeness (QED) is 0.607. The third kappa shape index (κ3) is 3.63. The molecule has 1 amide bonds. The number of hydrogen-bond acceptors (Lipinski definition) is 6. The van der Waals surface area contributed by atoms with Crippen LogP contribution in [0.2, 0.25) is 5.02 Å². The summed E-state index contributed by atoms with van der Waals surface area (Å²) >= 11 is 7.56. The van der Waals surface area contributed by atoms with Crippen molar-refractivity contribution in [3.63, 3.8) is 0 Å². The van der Waals surface area contributed by atoms with Gasteiger partial charge in [-0.15, -0.1) is 11.3 Å². The molecule has 0 radical (unpaired) electrons. The van der Waals surface area contributed by atoms with Gasteiger partial charge in [-0.25, -0.2) is 9.48 Å². The number of para-hydroxylation sites is 1. The molecule has 0 saturated carbocycles. The fourth-order valence-corrected chi connectivity index (χ4v) is 4.32. The molecule has 1 saturated heterocycles. The molecule has 1 aliphatic heterocycles. The first-order valence-corrected chi connectivity index (χ1v) is 10.0. The van der Waals surface area contributed by atoms with Gasteiger partial charge in [0.2, 0.25) is 0 Å². The summed E-state index contributed by atoms with van der Waals surface area (Å²) in [5.74, 6) is -0.732. The average Bonchev–Trinajstić information content (AvgIpc) is 3.28. The number of morpholine rings is 1. The molecule has 146 valence electrons. The average molecular weight is 420 g/mol. The highest BCUT2D eigenvalue weighted by Crippen LogP contribution is 2.32. The highest BCUT2D eigenvalue weighted by Gasteiger charge is 2.22. The third-order valence-corrected chi connectivity index (χ3v) is 5.93. The van der Waals surface area contributed by atoms with Crippen LogP contribution in [-0.2, 0) is 14.3 Å². The monoisotopic (exact) mass is 419 g/mol. The number of halogens is 1. The number of nitrogens with zero attached hydrogens (tertiary/aromatic N) is 3. The number of fused-ring (bicyclic) bond motifs is 1. The van der Waals surface area contributed by atoms with Gasteiger partial charge in [0.05, 0.1) is 29.6 Å². The topological polar surface area (TPSA) is 73.7 Å². The van der Waals surface area contributed by atoms with Crippen LogP contribution < -0.4 is 0 Å². The molecule has 1 aliphatic rings. The van der Waals surface area contributed by atoms with Crippen molar-refractivity contribution in [2.45, 2.75) is 6.92 Å². The van der Waals surface area contributed by atoms with Crippen LogP contribution in [0.1, 0.15) is 15.4 Å². The predicted molar refractivity (Wildman–Crippen MR) is 106 cm³/mol. The maximum absolute atomic E-state index is 12.5. The van der Waals surface area contributed by atoms with E-state index in [2.05, 4.69) is 5.10 Å². The van der Waals surface area contributed by atoms with Gasteiger partial charge in [0.15, 0.2) is 6.61 Å². The number of amides is 1. The summed E-state index contributed by atoms with van der Waals surface area (Å²) in [7, 11) is 0. The Bertz CT molecular complexity index is 1040. The molecule has 3 heterocycles. The second-order valence-corrected chi connectivity index (χ2v) is 7.79. The lowest BCUT2D eigenvalue weighted by Crippen LogP contribution is -2.42. The van der Waals surface area contributed by atoms with Crippen molar-refractivity contribution in [1.29, 1.82) is 0 Å². The molecule has 0 bridgehead atoms. The normalized spacial score (nSPS) is 14.4. The molecule has 0 unspecified atom stereocenters. The van der Waals surface area contributed by atoms with Crippen molar-refractivity contribution in [1.82, 2.24) is 14.7 Å². The van der Waals surface area contributed by atoms with E-state index in [1.165, 1.54) is 11.3 Å². The van der Waals surface area contributed by atoms with E-state index in [1.807, 2.05) is 25.1 Å². The Kier molecular flexibility index (Phi) is 5.34. The first-order valence-electron chi connectivity index (χ1n) is 8.81. The Labute approximate surface area is 170 Å². The highest BCUT2D eigenvalue weighted by atomic mass is 35.5. The van der Waals surface area contributed by atoms with E-state index in [4.69, 9.17) is 21.1 Å². The van der Waals surface area contributed by atoms with Gasteiger partial charge in [0.1, 0.15) is 9.71 Å². The number of aromatic nitrogens is 2. The zero-order valence-electron chi connectivity index (χ0n) is 15.2. The van der Waals surface area contributed by atoms with Gasteiger partial charge in [-0.05, 0) is 25.1 Å². The number of carbonyl (C=O) groups is 2. The van der Waals surface area contributed by atoms with E-state index in [9.17, 15) is 9.59 Å². The van der Waals surface area contributed by atoms with Crippen molar-refractivity contribution >= 4 is 45.0 Å². The van der Waals surface area contributed by atoms with Gasteiger partial charge in [0.25, 0.3) is 5.91 Å². The second kappa shape index (κ2) is 7.90. The lowest BCUT2D eigenvalue weighted by molar-refractivity contribution is -0.138. The number of aryl methyl sites for hydroxylation is 1. The molecule has 28 heavy (non-hydrogen) atoms. The van der Waals surface area contributed by atoms with Crippen molar-refractivity contribution in [2.75, 3.05) is 32.9 Å². The molecule has 0 atom stereocenters. The van der Waals surface area contributed by atoms with Crippen molar-refractivity contribution in [2.24, 2.45) is 0 Å². The number of benzene rings is 1. The lowest BCUT2D eigenvalue weighted by atomic mass is 10.3. The summed E-state index contributed by atoms with van der Waals surface area (Å²) in [6.07, 6.45) is 0. The van der Waals surface area contributed by atoms with Gasteiger partial charge in [-0.3, -0.25) is 4.79 Å². The van der Waals surface area contributed by atoms with Crippen LogP contribution in [0.5, 0.6) is 0 Å². The molecule has 0 aliphatic carbocycles. The Hall–Kier alpha value is -2.42. The zero-order chi connectivity index (χ0) is 19.7.